The van der Waals surface area contributed by atoms with Gasteiger partial charge < -0.3 is 19.9 Å². The number of nitrogens with two attached hydrogens (primary N) is 1. The topological polar surface area (TPSA) is 114 Å². The van der Waals surface area contributed by atoms with Crippen LogP contribution in [0.3, 0.4) is 0 Å². The molecule has 0 saturated heterocycles. The molecule has 1 aromatic heterocycles. The van der Waals surface area contributed by atoms with Crippen molar-refractivity contribution in [2.75, 3.05) is 0 Å². The lowest BCUT2D eigenvalue weighted by Gasteiger charge is -1.96. The number of carbonyl (C=O) groups excluding carboxylic acids is 1. The minimum absolute atomic E-state index is 0.326. The van der Waals surface area contributed by atoms with E-state index in [1.807, 2.05) is 0 Å². The Hall–Kier alpha value is -1.10. The molecule has 65 valence electrons. The van der Waals surface area contributed by atoms with Gasteiger partial charge in [-0.3, -0.25) is 9.36 Å². The first kappa shape index (κ1) is 8.99. The van der Waals surface area contributed by atoms with Crippen molar-refractivity contribution in [1.82, 2.24) is 0 Å². The van der Waals surface area contributed by atoms with Crippen LogP contribution in [0.25, 0.3) is 0 Å². The predicted octanol–water partition coefficient (Wildman–Crippen LogP) is -1.02. The average molecular weight is 190 g/mol. The molecule has 12 heavy (non-hydrogen) atoms. The van der Waals surface area contributed by atoms with E-state index in [0.29, 0.717) is 0 Å². The van der Waals surface area contributed by atoms with E-state index in [-0.39, 0.29) is 5.76 Å². The van der Waals surface area contributed by atoms with Gasteiger partial charge in [0.2, 0.25) is 5.50 Å². The van der Waals surface area contributed by atoms with Crippen LogP contribution in [-0.2, 0) is 4.57 Å². The molecule has 0 unspecified atom stereocenters. The van der Waals surface area contributed by atoms with Gasteiger partial charge in [0.25, 0.3) is 5.91 Å². The Labute approximate surface area is 67.1 Å². The first-order chi connectivity index (χ1) is 5.41. The molecule has 0 fully saturated rings. The van der Waals surface area contributed by atoms with Crippen LogP contribution in [-0.4, -0.2) is 15.7 Å². The van der Waals surface area contributed by atoms with E-state index in [9.17, 15) is 9.36 Å². The number of primary amides is 1. The summed E-state index contributed by atoms with van der Waals surface area (Å²) in [6, 6.07) is 3.08. The van der Waals surface area contributed by atoms with Gasteiger partial charge in [0.05, 0.1) is 0 Å². The van der Waals surface area contributed by atoms with Crippen LogP contribution in [0.5, 0.6) is 0 Å². The summed E-state index contributed by atoms with van der Waals surface area (Å²) in [4.78, 5) is 27.4. The summed E-state index contributed by atoms with van der Waals surface area (Å²) in [6.07, 6.45) is 0. The summed E-state index contributed by atoms with van der Waals surface area (Å²) in [7, 11) is -4.47. The van der Waals surface area contributed by atoms with Gasteiger partial charge in [-0.15, -0.1) is 0 Å². The van der Waals surface area contributed by atoms with Crippen molar-refractivity contribution in [2.24, 2.45) is 5.73 Å². The van der Waals surface area contributed by atoms with Crippen molar-refractivity contribution < 1.29 is 23.6 Å². The van der Waals surface area contributed by atoms with E-state index < -0.39 is 19.0 Å². The number of furan rings is 1. The average Bonchev–Trinajstić information content (AvgIpc) is 2.30. The molecule has 1 heterocycles. The monoisotopic (exact) mass is 190 g/mol. The lowest BCUT2D eigenvalue weighted by molar-refractivity contribution is 0.0975. The number of amides is 1. The van der Waals surface area contributed by atoms with Crippen molar-refractivity contribution in [3.8, 4) is 0 Å². The Morgan fingerprint density at radius 3 is 2.50 bits per heavy atom. The second-order valence-corrected chi connectivity index (χ2v) is 3.46. The fourth-order valence-corrected chi connectivity index (χ4v) is 1.01. The highest BCUT2D eigenvalue weighted by Crippen LogP contribution is 2.33. The van der Waals surface area contributed by atoms with Crippen LogP contribution in [0.4, 0.5) is 0 Å². The molecule has 0 saturated carbocycles. The van der Waals surface area contributed by atoms with Crippen LogP contribution >= 0.6 is 7.60 Å². The largest absolute Gasteiger partial charge is 0.442 e. The minimum Gasteiger partial charge on any atom is -0.442 e. The predicted molar refractivity (Wildman–Crippen MR) is 37.7 cm³/mol. The summed E-state index contributed by atoms with van der Waals surface area (Å²) in [6.45, 7) is 0. The molecule has 0 aromatic carbocycles. The van der Waals surface area contributed by atoms with Crippen LogP contribution in [0.15, 0.2) is 10.5 Å². The van der Waals surface area contributed by atoms with Gasteiger partial charge in [-0.1, -0.05) is 0 Å². The van der Waals surface area contributed by atoms with Gasteiger partial charge in [-0.25, -0.2) is 0 Å². The van der Waals surface area contributed by atoms with E-state index in [2.05, 4.69) is 10.5 Å². The highest BCUT2D eigenvalue weighted by molar-refractivity contribution is 7.59. The first-order valence-electron chi connectivity index (χ1n) is 2.78. The van der Waals surface area contributed by atoms with Gasteiger partial charge in [-0.05, 0) is 6.07 Å². The second-order valence-electron chi connectivity index (χ2n) is 1.97. The summed E-state index contributed by atoms with van der Waals surface area (Å²) in [5.41, 5.74) is 4.08. The van der Waals surface area contributed by atoms with Gasteiger partial charge in [0.15, 0.2) is 5.76 Å². The fourth-order valence-electron chi connectivity index (χ4n) is 0.555. The van der Waals surface area contributed by atoms with Crippen LogP contribution in [0.2, 0.25) is 0 Å². The number of hydrogen-bond acceptors (Lipinski definition) is 3. The lowest BCUT2D eigenvalue weighted by atomic mass is 10.4. The van der Waals surface area contributed by atoms with Crippen LogP contribution in [0, 0.1) is 6.07 Å². The van der Waals surface area contributed by atoms with Gasteiger partial charge in [0.1, 0.15) is 0 Å². The smallest absolute Gasteiger partial charge is 0.391 e. The molecule has 4 N–H and O–H groups in total. The zero-order chi connectivity index (χ0) is 9.35. The standard InChI is InChI=1S/C5H5NO5P/c6-5(7)3-1-2-4(11-3)12(8,9)10/h1H,(H2,6,7)(H2,8,9,10). The summed E-state index contributed by atoms with van der Waals surface area (Å²) < 4.78 is 14.9. The van der Waals surface area contributed by atoms with Gasteiger partial charge in [0, 0.05) is 6.07 Å². The quantitative estimate of drug-likeness (QED) is 0.516. The Morgan fingerprint density at radius 1 is 1.67 bits per heavy atom. The molecule has 0 bridgehead atoms. The molecule has 1 amide bonds. The van der Waals surface area contributed by atoms with Crippen molar-refractivity contribution in [3.63, 3.8) is 0 Å². The van der Waals surface area contributed by atoms with E-state index >= 15 is 0 Å². The second kappa shape index (κ2) is 2.75. The van der Waals surface area contributed by atoms with Crippen molar-refractivity contribution in [2.45, 2.75) is 0 Å². The van der Waals surface area contributed by atoms with E-state index in [0.717, 1.165) is 6.07 Å². The molecule has 0 atom stereocenters. The molecule has 0 spiro atoms. The summed E-state index contributed by atoms with van der Waals surface area (Å²) in [5.74, 6) is -1.22. The molecule has 1 radical (unpaired) electrons. The third-order valence-corrected chi connectivity index (χ3v) is 1.79. The SMILES string of the molecule is NC(=O)c1c[c]c(P(=O)(O)O)o1. The molecule has 1 rings (SSSR count). The molecule has 0 aliphatic heterocycles. The number of carbonyl (C=O) groups is 1. The maximum Gasteiger partial charge on any atom is 0.391 e. The third-order valence-electron chi connectivity index (χ3n) is 1.04. The van der Waals surface area contributed by atoms with Crippen LogP contribution < -0.4 is 11.2 Å². The first-order valence-corrected chi connectivity index (χ1v) is 4.40. The van der Waals surface area contributed by atoms with E-state index in [1.165, 1.54) is 0 Å². The molecular weight excluding hydrogens is 185 g/mol. The highest BCUT2D eigenvalue weighted by atomic mass is 31.2. The minimum atomic E-state index is -4.47. The van der Waals surface area contributed by atoms with Gasteiger partial charge >= 0.3 is 7.60 Å². The zero-order valence-corrected chi connectivity index (χ0v) is 6.62. The van der Waals surface area contributed by atoms with Gasteiger partial charge in [-0.2, -0.15) is 0 Å². The van der Waals surface area contributed by atoms with Crippen molar-refractivity contribution >= 4 is 19.0 Å². The maximum absolute atomic E-state index is 10.5. The maximum atomic E-state index is 10.5. The molecular formula is C5H5NO5P. The third kappa shape index (κ3) is 1.73. The summed E-state index contributed by atoms with van der Waals surface area (Å²) >= 11 is 0. The highest BCUT2D eigenvalue weighted by Gasteiger charge is 2.23. The number of hydrogen-bond donors (Lipinski definition) is 3. The van der Waals surface area contributed by atoms with Crippen LogP contribution in [0.1, 0.15) is 10.6 Å². The Kier molecular flexibility index (Phi) is 2.06. The Morgan fingerprint density at radius 2 is 2.25 bits per heavy atom. The molecule has 6 nitrogen and oxygen atoms in total. The number of rotatable bonds is 2. The fraction of sp³-hybridized carbons (Fsp3) is 0. The van der Waals surface area contributed by atoms with Crippen molar-refractivity contribution in [1.29, 1.82) is 0 Å². The summed E-state index contributed by atoms with van der Waals surface area (Å²) in [5, 5.41) is 0. The Bertz CT molecular complexity index is 350. The van der Waals surface area contributed by atoms with E-state index in [1.54, 1.807) is 0 Å². The molecule has 1 aromatic rings. The normalized spacial score (nSPS) is 11.5. The van der Waals surface area contributed by atoms with Crippen molar-refractivity contribution in [3.05, 3.63) is 17.9 Å². The molecule has 7 heteroatoms. The molecule has 0 aliphatic carbocycles. The molecule has 0 aliphatic rings. The zero-order valence-electron chi connectivity index (χ0n) is 5.72. The Balaban J connectivity index is 3.08. The lowest BCUT2D eigenvalue weighted by Crippen LogP contribution is -2.10. The van der Waals surface area contributed by atoms with E-state index in [4.69, 9.17) is 15.5 Å².